The fourth-order valence-electron chi connectivity index (χ4n) is 3.15. The van der Waals surface area contributed by atoms with Gasteiger partial charge in [-0.05, 0) is 30.8 Å². The Kier molecular flexibility index (Phi) is 2.20. The summed E-state index contributed by atoms with van der Waals surface area (Å²) < 4.78 is 0. The van der Waals surface area contributed by atoms with Crippen LogP contribution in [0.1, 0.15) is 33.1 Å². The standard InChI is InChI=1S/C14H19NO/c1-9(2)10-5-6-13(12-8-11(10)12)15-7-3-4-14(15)16/h5-6,9,11-12H,3-4,7-8H2,1-2H3. The molecular formula is C14H19NO. The number of rotatable bonds is 2. The number of hydrogen-bond donors (Lipinski definition) is 0. The summed E-state index contributed by atoms with van der Waals surface area (Å²) >= 11 is 0. The van der Waals surface area contributed by atoms with Crippen molar-refractivity contribution in [1.29, 1.82) is 0 Å². The van der Waals surface area contributed by atoms with Crippen LogP contribution in [0.4, 0.5) is 0 Å². The third-order valence-corrected chi connectivity index (χ3v) is 4.10. The smallest absolute Gasteiger partial charge is 0.226 e. The lowest BCUT2D eigenvalue weighted by atomic mass is 9.93. The molecule has 0 radical (unpaired) electrons. The van der Waals surface area contributed by atoms with E-state index >= 15 is 0 Å². The van der Waals surface area contributed by atoms with Crippen molar-refractivity contribution in [2.75, 3.05) is 6.54 Å². The summed E-state index contributed by atoms with van der Waals surface area (Å²) in [5.74, 6) is 2.39. The van der Waals surface area contributed by atoms with Gasteiger partial charge >= 0.3 is 0 Å². The highest BCUT2D eigenvalue weighted by Gasteiger charge is 2.47. The zero-order valence-corrected chi connectivity index (χ0v) is 10.1. The van der Waals surface area contributed by atoms with Crippen LogP contribution in [0.3, 0.4) is 0 Å². The van der Waals surface area contributed by atoms with Crippen LogP contribution in [0.15, 0.2) is 23.4 Å². The van der Waals surface area contributed by atoms with Gasteiger partial charge in [-0.25, -0.2) is 0 Å². The molecule has 2 aliphatic carbocycles. The predicted octanol–water partition coefficient (Wildman–Crippen LogP) is 2.72. The minimum Gasteiger partial charge on any atom is -0.316 e. The normalized spacial score (nSPS) is 32.7. The van der Waals surface area contributed by atoms with Crippen LogP contribution in [0.2, 0.25) is 0 Å². The van der Waals surface area contributed by atoms with Crippen molar-refractivity contribution in [3.63, 3.8) is 0 Å². The van der Waals surface area contributed by atoms with E-state index < -0.39 is 0 Å². The number of amides is 1. The van der Waals surface area contributed by atoms with Crippen molar-refractivity contribution in [3.8, 4) is 0 Å². The summed E-state index contributed by atoms with van der Waals surface area (Å²) in [6.45, 7) is 5.47. The lowest BCUT2D eigenvalue weighted by Gasteiger charge is -2.23. The maximum absolute atomic E-state index is 11.7. The van der Waals surface area contributed by atoms with Crippen molar-refractivity contribution in [1.82, 2.24) is 4.90 Å². The first kappa shape index (κ1) is 10.1. The van der Waals surface area contributed by atoms with Crippen molar-refractivity contribution >= 4 is 5.91 Å². The first-order valence-electron chi connectivity index (χ1n) is 6.40. The molecule has 0 aromatic carbocycles. The molecule has 2 fully saturated rings. The molecule has 3 aliphatic rings. The summed E-state index contributed by atoms with van der Waals surface area (Å²) in [5, 5.41) is 0. The average Bonchev–Trinajstić information content (AvgIpc) is 2.93. The highest BCUT2D eigenvalue weighted by atomic mass is 16.2. The second-order valence-corrected chi connectivity index (χ2v) is 5.51. The van der Waals surface area contributed by atoms with E-state index in [0.29, 0.717) is 17.7 Å². The Balaban J connectivity index is 1.86. The summed E-state index contributed by atoms with van der Waals surface area (Å²) in [5.41, 5.74) is 2.89. The van der Waals surface area contributed by atoms with Crippen molar-refractivity contribution < 1.29 is 4.79 Å². The fourth-order valence-corrected chi connectivity index (χ4v) is 3.15. The maximum Gasteiger partial charge on any atom is 0.226 e. The number of nitrogens with zero attached hydrogens (tertiary/aromatic N) is 1. The summed E-state index contributed by atoms with van der Waals surface area (Å²) in [6.07, 6.45) is 7.51. The maximum atomic E-state index is 11.7. The average molecular weight is 217 g/mol. The highest BCUT2D eigenvalue weighted by Crippen LogP contribution is 2.54. The van der Waals surface area contributed by atoms with Crippen LogP contribution in [-0.4, -0.2) is 17.4 Å². The Morgan fingerprint density at radius 2 is 2.12 bits per heavy atom. The fraction of sp³-hybridized carbons (Fsp3) is 0.643. The first-order chi connectivity index (χ1) is 7.68. The van der Waals surface area contributed by atoms with E-state index in [0.717, 1.165) is 25.3 Å². The van der Waals surface area contributed by atoms with Crippen LogP contribution < -0.4 is 0 Å². The van der Waals surface area contributed by atoms with Gasteiger partial charge in [-0.15, -0.1) is 0 Å². The van der Waals surface area contributed by atoms with Gasteiger partial charge in [0.2, 0.25) is 5.91 Å². The van der Waals surface area contributed by atoms with E-state index in [2.05, 4.69) is 26.0 Å². The van der Waals surface area contributed by atoms with Gasteiger partial charge in [-0.3, -0.25) is 4.79 Å². The Morgan fingerprint density at radius 1 is 1.31 bits per heavy atom. The van der Waals surface area contributed by atoms with Crippen LogP contribution in [0.5, 0.6) is 0 Å². The second-order valence-electron chi connectivity index (χ2n) is 5.51. The number of likely N-dealkylation sites (tertiary alicyclic amines) is 1. The van der Waals surface area contributed by atoms with Gasteiger partial charge in [-0.1, -0.05) is 25.5 Å². The van der Waals surface area contributed by atoms with Gasteiger partial charge in [0.15, 0.2) is 0 Å². The quantitative estimate of drug-likeness (QED) is 0.696. The molecule has 0 aromatic rings. The zero-order chi connectivity index (χ0) is 11.3. The SMILES string of the molecule is CC(C)C1=CC=C(N2CCCC2=O)C2CC12. The molecule has 0 N–H and O–H groups in total. The Morgan fingerprint density at radius 3 is 2.75 bits per heavy atom. The molecular weight excluding hydrogens is 198 g/mol. The minimum absolute atomic E-state index is 0.332. The van der Waals surface area contributed by atoms with E-state index in [1.165, 1.54) is 12.1 Å². The molecule has 16 heavy (non-hydrogen) atoms. The highest BCUT2D eigenvalue weighted by molar-refractivity contribution is 5.80. The first-order valence-corrected chi connectivity index (χ1v) is 6.40. The Labute approximate surface area is 97.0 Å². The molecule has 0 bridgehead atoms. The van der Waals surface area contributed by atoms with Gasteiger partial charge in [0, 0.05) is 24.6 Å². The molecule has 2 unspecified atom stereocenters. The van der Waals surface area contributed by atoms with Gasteiger partial charge in [0.25, 0.3) is 0 Å². The molecule has 86 valence electrons. The van der Waals surface area contributed by atoms with Crippen molar-refractivity contribution in [2.24, 2.45) is 17.8 Å². The summed E-state index contributed by atoms with van der Waals surface area (Å²) in [7, 11) is 0. The number of hydrogen-bond acceptors (Lipinski definition) is 1. The molecule has 1 saturated heterocycles. The largest absolute Gasteiger partial charge is 0.316 e. The van der Waals surface area contributed by atoms with E-state index in [9.17, 15) is 4.79 Å². The molecule has 1 aliphatic heterocycles. The van der Waals surface area contributed by atoms with Gasteiger partial charge in [0.05, 0.1) is 0 Å². The lowest BCUT2D eigenvalue weighted by molar-refractivity contribution is -0.126. The molecule has 0 aromatic heterocycles. The summed E-state index contributed by atoms with van der Waals surface area (Å²) in [6, 6.07) is 0. The van der Waals surface area contributed by atoms with Crippen LogP contribution >= 0.6 is 0 Å². The molecule has 2 atom stereocenters. The zero-order valence-electron chi connectivity index (χ0n) is 10.1. The molecule has 3 rings (SSSR count). The topological polar surface area (TPSA) is 20.3 Å². The molecule has 1 heterocycles. The third-order valence-electron chi connectivity index (χ3n) is 4.10. The van der Waals surface area contributed by atoms with Gasteiger partial charge < -0.3 is 4.90 Å². The van der Waals surface area contributed by atoms with E-state index in [-0.39, 0.29) is 0 Å². The predicted molar refractivity (Wildman–Crippen MR) is 63.5 cm³/mol. The molecule has 2 nitrogen and oxygen atoms in total. The van der Waals surface area contributed by atoms with Crippen LogP contribution in [0, 0.1) is 17.8 Å². The van der Waals surface area contributed by atoms with Gasteiger partial charge in [-0.2, -0.15) is 0 Å². The Bertz CT molecular complexity index is 392. The lowest BCUT2D eigenvalue weighted by Crippen LogP contribution is -2.26. The second kappa shape index (κ2) is 3.47. The third kappa shape index (κ3) is 1.43. The Hall–Kier alpha value is -1.05. The molecule has 1 saturated carbocycles. The molecule has 0 spiro atoms. The molecule has 2 heteroatoms. The monoisotopic (exact) mass is 217 g/mol. The minimum atomic E-state index is 0.332. The van der Waals surface area contributed by atoms with Crippen molar-refractivity contribution in [2.45, 2.75) is 33.1 Å². The van der Waals surface area contributed by atoms with Crippen LogP contribution in [0.25, 0.3) is 0 Å². The van der Waals surface area contributed by atoms with E-state index in [4.69, 9.17) is 0 Å². The van der Waals surface area contributed by atoms with Crippen molar-refractivity contribution in [3.05, 3.63) is 23.4 Å². The number of carbonyl (C=O) groups is 1. The summed E-state index contributed by atoms with van der Waals surface area (Å²) in [4.78, 5) is 13.7. The number of allylic oxidation sites excluding steroid dienone is 4. The molecule has 1 amide bonds. The van der Waals surface area contributed by atoms with E-state index in [1.807, 2.05) is 4.90 Å². The number of fused-ring (bicyclic) bond motifs is 1. The number of carbonyl (C=O) groups excluding carboxylic acids is 1. The van der Waals surface area contributed by atoms with E-state index in [1.54, 1.807) is 5.57 Å². The van der Waals surface area contributed by atoms with Gasteiger partial charge in [0.1, 0.15) is 0 Å². The van der Waals surface area contributed by atoms with Crippen LogP contribution in [-0.2, 0) is 4.79 Å².